The minimum absolute atomic E-state index is 0.248. The van der Waals surface area contributed by atoms with Crippen LogP contribution in [0.2, 0.25) is 5.02 Å². The molecule has 1 amide bonds. The van der Waals surface area contributed by atoms with Gasteiger partial charge in [-0.15, -0.1) is 0 Å². The fourth-order valence-electron chi connectivity index (χ4n) is 3.76. The largest absolute Gasteiger partial charge is 0.495 e. The highest BCUT2D eigenvalue weighted by molar-refractivity contribution is 7.92. The standard InChI is InChI=1S/C25H27ClN2O4S/c1-17-10-8-9-13-21(17)24(19-11-6-5-7-12-19)27-25(29)18(2)28(33(4,30)31)20-14-15-23(32-3)22(26)16-20/h5-16,18,24H,1-4H3,(H,27,29)/t18-,24+/m1/s1. The van der Waals surface area contributed by atoms with Crippen LogP contribution in [0.3, 0.4) is 0 Å². The predicted octanol–water partition coefficient (Wildman–Crippen LogP) is 4.72. The second-order valence-electron chi connectivity index (χ2n) is 7.76. The summed E-state index contributed by atoms with van der Waals surface area (Å²) in [5.41, 5.74) is 3.12. The molecule has 8 heteroatoms. The fraction of sp³-hybridized carbons (Fsp3) is 0.240. The molecule has 3 aromatic rings. The Balaban J connectivity index is 1.98. The van der Waals surface area contributed by atoms with Crippen LogP contribution >= 0.6 is 11.6 Å². The van der Waals surface area contributed by atoms with Crippen LogP contribution < -0.4 is 14.4 Å². The zero-order valence-electron chi connectivity index (χ0n) is 18.9. The Morgan fingerprint density at radius 2 is 1.67 bits per heavy atom. The quantitative estimate of drug-likeness (QED) is 0.500. The molecule has 33 heavy (non-hydrogen) atoms. The Hall–Kier alpha value is -3.03. The normalized spacial score (nSPS) is 13.1. The smallest absolute Gasteiger partial charge is 0.244 e. The van der Waals surface area contributed by atoms with Gasteiger partial charge in [-0.25, -0.2) is 8.42 Å². The summed E-state index contributed by atoms with van der Waals surface area (Å²) in [7, 11) is -2.33. The summed E-state index contributed by atoms with van der Waals surface area (Å²) in [6, 6.07) is 20.5. The summed E-state index contributed by atoms with van der Waals surface area (Å²) in [6.07, 6.45) is 1.06. The summed E-state index contributed by atoms with van der Waals surface area (Å²) in [5.74, 6) is -0.0286. The van der Waals surface area contributed by atoms with Crippen molar-refractivity contribution in [2.75, 3.05) is 17.7 Å². The minimum Gasteiger partial charge on any atom is -0.495 e. The summed E-state index contributed by atoms with van der Waals surface area (Å²) < 4.78 is 31.6. The zero-order valence-corrected chi connectivity index (χ0v) is 20.5. The number of benzene rings is 3. The molecule has 0 unspecified atom stereocenters. The summed E-state index contributed by atoms with van der Waals surface area (Å²) >= 11 is 6.22. The molecule has 0 saturated carbocycles. The molecule has 6 nitrogen and oxygen atoms in total. The van der Waals surface area contributed by atoms with Crippen LogP contribution in [-0.2, 0) is 14.8 Å². The van der Waals surface area contributed by atoms with Crippen molar-refractivity contribution in [3.8, 4) is 5.75 Å². The van der Waals surface area contributed by atoms with Crippen molar-refractivity contribution in [1.82, 2.24) is 5.32 Å². The number of sulfonamides is 1. The summed E-state index contributed by atoms with van der Waals surface area (Å²) in [4.78, 5) is 13.4. The number of aryl methyl sites for hydroxylation is 1. The molecule has 0 aliphatic rings. The molecule has 0 heterocycles. The topological polar surface area (TPSA) is 75.7 Å². The van der Waals surface area contributed by atoms with Gasteiger partial charge in [0.15, 0.2) is 0 Å². The third kappa shape index (κ3) is 5.67. The van der Waals surface area contributed by atoms with E-state index in [4.69, 9.17) is 16.3 Å². The van der Waals surface area contributed by atoms with E-state index in [2.05, 4.69) is 5.32 Å². The van der Waals surface area contributed by atoms with E-state index in [1.807, 2.05) is 61.5 Å². The van der Waals surface area contributed by atoms with Gasteiger partial charge in [0.25, 0.3) is 0 Å². The third-order valence-corrected chi connectivity index (χ3v) is 6.93. The number of ether oxygens (including phenoxy) is 1. The Morgan fingerprint density at radius 1 is 1.03 bits per heavy atom. The number of nitrogens with one attached hydrogen (secondary N) is 1. The molecule has 0 aromatic heterocycles. The van der Waals surface area contributed by atoms with Gasteiger partial charge >= 0.3 is 0 Å². The number of carbonyl (C=O) groups is 1. The third-order valence-electron chi connectivity index (χ3n) is 5.40. The lowest BCUT2D eigenvalue weighted by Gasteiger charge is -2.30. The van der Waals surface area contributed by atoms with Crippen LogP contribution in [0.1, 0.15) is 29.7 Å². The first-order valence-electron chi connectivity index (χ1n) is 10.4. The number of hydrogen-bond donors (Lipinski definition) is 1. The minimum atomic E-state index is -3.80. The number of hydrogen-bond acceptors (Lipinski definition) is 4. The number of rotatable bonds is 8. The maximum Gasteiger partial charge on any atom is 0.244 e. The predicted molar refractivity (Wildman–Crippen MR) is 132 cm³/mol. The maximum absolute atomic E-state index is 13.4. The Labute approximate surface area is 200 Å². The van der Waals surface area contributed by atoms with E-state index >= 15 is 0 Å². The van der Waals surface area contributed by atoms with Gasteiger partial charge in [-0.05, 0) is 48.7 Å². The SMILES string of the molecule is COc1ccc(N([C@H](C)C(=O)N[C@@H](c2ccccc2)c2ccccc2C)S(C)(=O)=O)cc1Cl. The molecule has 0 spiro atoms. The van der Waals surface area contributed by atoms with Gasteiger partial charge in [0.05, 0.1) is 30.1 Å². The monoisotopic (exact) mass is 486 g/mol. The fourth-order valence-corrected chi connectivity index (χ4v) is 5.18. The summed E-state index contributed by atoms with van der Waals surface area (Å²) in [5, 5.41) is 3.30. The Kier molecular flexibility index (Phi) is 7.66. The first kappa shape index (κ1) is 24.6. The molecule has 0 radical (unpaired) electrons. The zero-order chi connectivity index (χ0) is 24.2. The number of halogens is 1. The van der Waals surface area contributed by atoms with Crippen LogP contribution in [0.25, 0.3) is 0 Å². The van der Waals surface area contributed by atoms with Crippen LogP contribution in [0.4, 0.5) is 5.69 Å². The second kappa shape index (κ2) is 10.3. The Morgan fingerprint density at radius 3 is 2.24 bits per heavy atom. The van der Waals surface area contributed by atoms with Gasteiger partial charge in [-0.3, -0.25) is 9.10 Å². The van der Waals surface area contributed by atoms with E-state index in [1.54, 1.807) is 19.1 Å². The van der Waals surface area contributed by atoms with E-state index in [0.29, 0.717) is 5.75 Å². The lowest BCUT2D eigenvalue weighted by Crippen LogP contribution is -2.48. The van der Waals surface area contributed by atoms with E-state index in [0.717, 1.165) is 27.3 Å². The molecule has 2 atom stereocenters. The highest BCUT2D eigenvalue weighted by atomic mass is 35.5. The van der Waals surface area contributed by atoms with E-state index in [9.17, 15) is 13.2 Å². The highest BCUT2D eigenvalue weighted by Gasteiger charge is 2.31. The lowest BCUT2D eigenvalue weighted by atomic mass is 9.94. The molecule has 3 rings (SSSR count). The molecule has 0 fully saturated rings. The average Bonchev–Trinajstić information content (AvgIpc) is 2.78. The number of methoxy groups -OCH3 is 1. The van der Waals surface area contributed by atoms with Crippen LogP contribution in [0.5, 0.6) is 5.75 Å². The van der Waals surface area contributed by atoms with Crippen LogP contribution in [0.15, 0.2) is 72.8 Å². The van der Waals surface area contributed by atoms with Crippen LogP contribution in [-0.4, -0.2) is 33.7 Å². The highest BCUT2D eigenvalue weighted by Crippen LogP contribution is 2.32. The van der Waals surface area contributed by atoms with Gasteiger partial charge in [-0.2, -0.15) is 0 Å². The van der Waals surface area contributed by atoms with Crippen molar-refractivity contribution in [2.24, 2.45) is 0 Å². The number of amides is 1. The molecule has 174 valence electrons. The molecule has 1 N–H and O–H groups in total. The first-order chi connectivity index (χ1) is 15.6. The van der Waals surface area contributed by atoms with Gasteiger partial charge < -0.3 is 10.1 Å². The Bertz CT molecular complexity index is 1230. The number of carbonyl (C=O) groups excluding carboxylic acids is 1. The molecule has 0 aliphatic heterocycles. The lowest BCUT2D eigenvalue weighted by molar-refractivity contribution is -0.122. The van der Waals surface area contributed by atoms with Gasteiger partial charge in [0.1, 0.15) is 11.8 Å². The number of anilines is 1. The summed E-state index contributed by atoms with van der Waals surface area (Å²) in [6.45, 7) is 3.53. The van der Waals surface area contributed by atoms with Gasteiger partial charge in [0.2, 0.25) is 15.9 Å². The molecular weight excluding hydrogens is 460 g/mol. The van der Waals surface area contributed by atoms with E-state index < -0.39 is 28.0 Å². The van der Waals surface area contributed by atoms with Crippen LogP contribution in [0, 0.1) is 6.92 Å². The van der Waals surface area contributed by atoms with Crippen molar-refractivity contribution in [3.05, 3.63) is 94.5 Å². The van der Waals surface area contributed by atoms with Crippen molar-refractivity contribution < 1.29 is 17.9 Å². The van der Waals surface area contributed by atoms with Crippen molar-refractivity contribution in [2.45, 2.75) is 25.9 Å². The van der Waals surface area contributed by atoms with E-state index in [1.165, 1.54) is 13.2 Å². The van der Waals surface area contributed by atoms with Crippen molar-refractivity contribution in [3.63, 3.8) is 0 Å². The molecule has 0 bridgehead atoms. The molecular formula is C25H27ClN2O4S. The van der Waals surface area contributed by atoms with Crippen molar-refractivity contribution in [1.29, 1.82) is 0 Å². The second-order valence-corrected chi connectivity index (χ2v) is 10.0. The number of nitrogens with zero attached hydrogens (tertiary/aromatic N) is 1. The van der Waals surface area contributed by atoms with E-state index in [-0.39, 0.29) is 10.7 Å². The first-order valence-corrected chi connectivity index (χ1v) is 12.6. The van der Waals surface area contributed by atoms with Gasteiger partial charge in [0, 0.05) is 0 Å². The molecule has 3 aromatic carbocycles. The van der Waals surface area contributed by atoms with Crippen molar-refractivity contribution >= 4 is 33.2 Å². The maximum atomic E-state index is 13.4. The molecule has 0 saturated heterocycles. The van der Waals surface area contributed by atoms with Gasteiger partial charge in [-0.1, -0.05) is 66.2 Å². The average molecular weight is 487 g/mol. The molecule has 0 aliphatic carbocycles.